The molecule has 0 amide bonds. The predicted molar refractivity (Wildman–Crippen MR) is 98.6 cm³/mol. The molecule has 0 radical (unpaired) electrons. The molecule has 2 aromatic rings. The SMILES string of the molecule is CCCOC(=O)c1oc2c(c1C)/C(=N/Nc1cccc(C(F)(F)F)c1)CCC2. The van der Waals surface area contributed by atoms with Crippen molar-refractivity contribution in [3.8, 4) is 0 Å². The van der Waals surface area contributed by atoms with E-state index in [1.807, 2.05) is 6.92 Å². The van der Waals surface area contributed by atoms with Crippen LogP contribution in [0.4, 0.5) is 18.9 Å². The molecule has 0 unspecified atom stereocenters. The van der Waals surface area contributed by atoms with Crippen molar-refractivity contribution in [1.29, 1.82) is 0 Å². The number of aryl methyl sites for hydroxylation is 1. The van der Waals surface area contributed by atoms with Crippen molar-refractivity contribution in [3.63, 3.8) is 0 Å². The van der Waals surface area contributed by atoms with Gasteiger partial charge in [0.15, 0.2) is 0 Å². The van der Waals surface area contributed by atoms with Gasteiger partial charge in [-0.05, 0) is 44.4 Å². The minimum atomic E-state index is -4.42. The summed E-state index contributed by atoms with van der Waals surface area (Å²) < 4.78 is 49.4. The minimum Gasteiger partial charge on any atom is -0.460 e. The molecule has 150 valence electrons. The van der Waals surface area contributed by atoms with Gasteiger partial charge < -0.3 is 9.15 Å². The number of hydrogen-bond donors (Lipinski definition) is 1. The van der Waals surface area contributed by atoms with Gasteiger partial charge in [-0.1, -0.05) is 13.0 Å². The quantitative estimate of drug-likeness (QED) is 0.550. The lowest BCUT2D eigenvalue weighted by Crippen LogP contribution is -2.13. The Morgan fingerprint density at radius 2 is 2.11 bits per heavy atom. The molecule has 1 aromatic heterocycles. The molecule has 1 aromatic carbocycles. The number of furan rings is 1. The third-order valence-electron chi connectivity index (χ3n) is 4.46. The number of fused-ring (bicyclic) bond motifs is 1. The van der Waals surface area contributed by atoms with E-state index in [2.05, 4.69) is 10.5 Å². The highest BCUT2D eigenvalue weighted by Gasteiger charge is 2.31. The number of carbonyl (C=O) groups excluding carboxylic acids is 1. The Morgan fingerprint density at radius 1 is 1.32 bits per heavy atom. The number of anilines is 1. The van der Waals surface area contributed by atoms with Gasteiger partial charge in [0.05, 0.1) is 23.6 Å². The van der Waals surface area contributed by atoms with Crippen molar-refractivity contribution in [1.82, 2.24) is 0 Å². The van der Waals surface area contributed by atoms with Crippen molar-refractivity contribution in [2.45, 2.75) is 45.7 Å². The summed E-state index contributed by atoms with van der Waals surface area (Å²) in [6.07, 6.45) is -1.65. The molecule has 5 nitrogen and oxygen atoms in total. The first kappa shape index (κ1) is 20.0. The van der Waals surface area contributed by atoms with Crippen LogP contribution in [0.2, 0.25) is 0 Å². The van der Waals surface area contributed by atoms with Crippen LogP contribution < -0.4 is 5.43 Å². The topological polar surface area (TPSA) is 63.8 Å². The number of alkyl halides is 3. The van der Waals surface area contributed by atoms with Crippen LogP contribution in [0.25, 0.3) is 0 Å². The standard InChI is InChI=1S/C20H21F3N2O3/c1-3-10-27-19(26)18-12(2)17-15(8-5-9-16(17)28-18)25-24-14-7-4-6-13(11-14)20(21,22)23/h4,6-7,11,24H,3,5,8-10H2,1-2H3/b25-15+. The molecule has 8 heteroatoms. The summed E-state index contributed by atoms with van der Waals surface area (Å²) in [6, 6.07) is 4.84. The lowest BCUT2D eigenvalue weighted by Gasteiger charge is -2.14. The molecule has 0 saturated heterocycles. The highest BCUT2D eigenvalue weighted by molar-refractivity contribution is 6.06. The number of carbonyl (C=O) groups is 1. The number of rotatable bonds is 5. The Morgan fingerprint density at radius 3 is 2.82 bits per heavy atom. The van der Waals surface area contributed by atoms with Crippen LogP contribution in [-0.2, 0) is 17.3 Å². The number of nitrogens with zero attached hydrogens (tertiary/aromatic N) is 1. The zero-order chi connectivity index (χ0) is 20.3. The Kier molecular flexibility index (Phi) is 5.76. The Balaban J connectivity index is 1.86. The van der Waals surface area contributed by atoms with Gasteiger partial charge in [0.1, 0.15) is 5.76 Å². The average Bonchev–Trinajstić information content (AvgIpc) is 3.01. The molecule has 1 aliphatic carbocycles. The second kappa shape index (κ2) is 8.08. The largest absolute Gasteiger partial charge is 0.460 e. The van der Waals surface area contributed by atoms with E-state index in [9.17, 15) is 18.0 Å². The molecular formula is C20H21F3N2O3. The van der Waals surface area contributed by atoms with Gasteiger partial charge >= 0.3 is 12.1 Å². The molecule has 0 aliphatic heterocycles. The smallest absolute Gasteiger partial charge is 0.416 e. The van der Waals surface area contributed by atoms with Gasteiger partial charge in [0, 0.05) is 17.5 Å². The Hall–Kier alpha value is -2.77. The fourth-order valence-electron chi connectivity index (χ4n) is 3.13. The van der Waals surface area contributed by atoms with E-state index in [1.165, 1.54) is 12.1 Å². The van der Waals surface area contributed by atoms with E-state index in [1.54, 1.807) is 6.92 Å². The van der Waals surface area contributed by atoms with Crippen molar-refractivity contribution < 1.29 is 27.1 Å². The third kappa shape index (κ3) is 4.21. The molecule has 1 aliphatic rings. The van der Waals surface area contributed by atoms with Crippen LogP contribution >= 0.6 is 0 Å². The summed E-state index contributed by atoms with van der Waals surface area (Å²) in [5.41, 5.74) is 4.20. The highest BCUT2D eigenvalue weighted by atomic mass is 19.4. The lowest BCUT2D eigenvalue weighted by molar-refractivity contribution is -0.137. The molecule has 28 heavy (non-hydrogen) atoms. The van der Waals surface area contributed by atoms with Crippen LogP contribution in [0, 0.1) is 6.92 Å². The number of ether oxygens (including phenoxy) is 1. The monoisotopic (exact) mass is 394 g/mol. The van der Waals surface area contributed by atoms with Crippen LogP contribution in [0.3, 0.4) is 0 Å². The van der Waals surface area contributed by atoms with Crippen molar-refractivity contribution >= 4 is 17.4 Å². The van der Waals surface area contributed by atoms with E-state index in [0.717, 1.165) is 24.1 Å². The maximum absolute atomic E-state index is 12.9. The third-order valence-corrected chi connectivity index (χ3v) is 4.46. The normalized spacial score (nSPS) is 15.4. The molecule has 3 rings (SSSR count). The fourth-order valence-corrected chi connectivity index (χ4v) is 3.13. The van der Waals surface area contributed by atoms with E-state index < -0.39 is 17.7 Å². The van der Waals surface area contributed by atoms with E-state index in [4.69, 9.17) is 9.15 Å². The zero-order valence-corrected chi connectivity index (χ0v) is 15.7. The first-order valence-electron chi connectivity index (χ1n) is 9.10. The zero-order valence-electron chi connectivity index (χ0n) is 15.7. The van der Waals surface area contributed by atoms with Crippen LogP contribution in [0.5, 0.6) is 0 Å². The molecule has 0 saturated carbocycles. The van der Waals surface area contributed by atoms with Crippen LogP contribution in [0.15, 0.2) is 33.8 Å². The fraction of sp³-hybridized carbons (Fsp3) is 0.400. The van der Waals surface area contributed by atoms with Gasteiger partial charge in [-0.15, -0.1) is 0 Å². The molecular weight excluding hydrogens is 373 g/mol. The summed E-state index contributed by atoms with van der Waals surface area (Å²) in [4.78, 5) is 12.2. The Bertz CT molecular complexity index is 901. The van der Waals surface area contributed by atoms with Gasteiger partial charge in [0.25, 0.3) is 0 Å². The van der Waals surface area contributed by atoms with Gasteiger partial charge in [-0.25, -0.2) is 4.79 Å². The number of hydrogen-bond acceptors (Lipinski definition) is 5. The van der Waals surface area contributed by atoms with Gasteiger partial charge in [0.2, 0.25) is 5.76 Å². The van der Waals surface area contributed by atoms with E-state index >= 15 is 0 Å². The van der Waals surface area contributed by atoms with Crippen LogP contribution in [0.1, 0.15) is 59.2 Å². The highest BCUT2D eigenvalue weighted by Crippen LogP contribution is 2.32. The van der Waals surface area contributed by atoms with Crippen molar-refractivity contribution in [2.75, 3.05) is 12.0 Å². The molecule has 0 fully saturated rings. The maximum Gasteiger partial charge on any atom is 0.416 e. The predicted octanol–water partition coefficient (Wildman–Crippen LogP) is 5.33. The molecule has 0 atom stereocenters. The molecule has 0 bridgehead atoms. The van der Waals surface area contributed by atoms with Crippen molar-refractivity contribution in [3.05, 3.63) is 52.5 Å². The molecule has 1 heterocycles. The second-order valence-electron chi connectivity index (χ2n) is 6.59. The van der Waals surface area contributed by atoms with Crippen LogP contribution in [-0.4, -0.2) is 18.3 Å². The van der Waals surface area contributed by atoms with E-state index in [0.29, 0.717) is 42.9 Å². The van der Waals surface area contributed by atoms with Gasteiger partial charge in [-0.3, -0.25) is 5.43 Å². The van der Waals surface area contributed by atoms with E-state index in [-0.39, 0.29) is 11.4 Å². The minimum absolute atomic E-state index is 0.159. The lowest BCUT2D eigenvalue weighted by atomic mass is 9.93. The molecule has 1 N–H and O–H groups in total. The number of nitrogens with one attached hydrogen (secondary N) is 1. The molecule has 0 spiro atoms. The summed E-state index contributed by atoms with van der Waals surface area (Å²) in [6.45, 7) is 3.97. The summed E-state index contributed by atoms with van der Waals surface area (Å²) >= 11 is 0. The number of halogens is 3. The Labute approximate surface area is 160 Å². The number of benzene rings is 1. The van der Waals surface area contributed by atoms with Gasteiger partial charge in [-0.2, -0.15) is 18.3 Å². The maximum atomic E-state index is 12.9. The summed E-state index contributed by atoms with van der Waals surface area (Å²) in [7, 11) is 0. The van der Waals surface area contributed by atoms with Crippen molar-refractivity contribution in [2.24, 2.45) is 5.10 Å². The second-order valence-corrected chi connectivity index (χ2v) is 6.59. The first-order chi connectivity index (χ1) is 13.3. The number of hydrazone groups is 1. The first-order valence-corrected chi connectivity index (χ1v) is 9.10. The summed E-state index contributed by atoms with van der Waals surface area (Å²) in [5.74, 6) is 0.294. The number of esters is 1. The summed E-state index contributed by atoms with van der Waals surface area (Å²) in [5, 5.41) is 4.30. The average molecular weight is 394 g/mol.